The second-order valence-corrected chi connectivity index (χ2v) is 5.81. The molecule has 3 heterocycles. The van der Waals surface area contributed by atoms with Crippen LogP contribution in [0.15, 0.2) is 45.9 Å². The van der Waals surface area contributed by atoms with E-state index in [1.54, 1.807) is 42.4 Å². The Morgan fingerprint density at radius 3 is 2.54 bits per heavy atom. The zero-order chi connectivity index (χ0) is 17.1. The number of rotatable bonds is 4. The highest BCUT2D eigenvalue weighted by Crippen LogP contribution is 2.08. The number of Topliss-reactive ketones (excluding diaryl/α,β-unsaturated/α-hetero) is 1. The Morgan fingerprint density at radius 1 is 1.12 bits per heavy atom. The molecule has 7 nitrogen and oxygen atoms in total. The molecule has 0 atom stereocenters. The summed E-state index contributed by atoms with van der Waals surface area (Å²) in [5.74, 6) is 0.0196. The summed E-state index contributed by atoms with van der Waals surface area (Å²) in [5.41, 5.74) is -0.113. The van der Waals surface area contributed by atoms with Crippen LogP contribution in [0.2, 0.25) is 0 Å². The van der Waals surface area contributed by atoms with Crippen LogP contribution < -0.4 is 5.56 Å². The van der Waals surface area contributed by atoms with E-state index in [1.807, 2.05) is 4.90 Å². The maximum absolute atomic E-state index is 12.5. The molecule has 1 aliphatic heterocycles. The minimum Gasteiger partial charge on any atom is -0.461 e. The Kier molecular flexibility index (Phi) is 4.61. The normalized spacial score (nSPS) is 15.5. The first-order chi connectivity index (χ1) is 11.6. The number of piperazine rings is 1. The van der Waals surface area contributed by atoms with Crippen molar-refractivity contribution in [1.82, 2.24) is 14.4 Å². The van der Waals surface area contributed by atoms with E-state index in [4.69, 9.17) is 4.42 Å². The van der Waals surface area contributed by atoms with Crippen LogP contribution in [0.25, 0.3) is 0 Å². The van der Waals surface area contributed by atoms with Gasteiger partial charge in [-0.15, -0.1) is 0 Å². The largest absolute Gasteiger partial charge is 0.461 e. The molecule has 1 aliphatic rings. The Balaban J connectivity index is 1.59. The maximum Gasteiger partial charge on any atom is 0.263 e. The Hall–Kier alpha value is -2.67. The first-order valence-electron chi connectivity index (χ1n) is 7.80. The zero-order valence-electron chi connectivity index (χ0n) is 13.5. The molecule has 0 aromatic carbocycles. The van der Waals surface area contributed by atoms with Crippen LogP contribution in [0.4, 0.5) is 0 Å². The van der Waals surface area contributed by atoms with Gasteiger partial charge in [0.25, 0.3) is 11.5 Å². The minimum atomic E-state index is -0.294. The summed E-state index contributed by atoms with van der Waals surface area (Å²) in [6, 6.07) is 6.57. The van der Waals surface area contributed by atoms with E-state index in [1.165, 1.54) is 10.8 Å². The summed E-state index contributed by atoms with van der Waals surface area (Å²) >= 11 is 0. The SMILES string of the molecule is Cn1cccc(C(=O)N2CCN(CC(=O)c3ccco3)CC2)c1=O. The van der Waals surface area contributed by atoms with Crippen molar-refractivity contribution in [1.29, 1.82) is 0 Å². The first kappa shape index (κ1) is 16.2. The highest BCUT2D eigenvalue weighted by atomic mass is 16.3. The van der Waals surface area contributed by atoms with Crippen LogP contribution in [-0.4, -0.2) is 58.8 Å². The molecular weight excluding hydrogens is 310 g/mol. The molecule has 0 N–H and O–H groups in total. The lowest BCUT2D eigenvalue weighted by Gasteiger charge is -2.34. The van der Waals surface area contributed by atoms with E-state index in [2.05, 4.69) is 0 Å². The number of furan rings is 1. The lowest BCUT2D eigenvalue weighted by atomic mass is 10.2. The third-order valence-corrected chi connectivity index (χ3v) is 4.18. The zero-order valence-corrected chi connectivity index (χ0v) is 13.5. The molecule has 0 saturated carbocycles. The molecule has 126 valence electrons. The van der Waals surface area contributed by atoms with Crippen molar-refractivity contribution in [3.63, 3.8) is 0 Å². The fraction of sp³-hybridized carbons (Fsp3) is 0.353. The van der Waals surface area contributed by atoms with E-state index in [0.29, 0.717) is 31.9 Å². The van der Waals surface area contributed by atoms with Crippen molar-refractivity contribution in [3.05, 3.63) is 58.4 Å². The minimum absolute atomic E-state index is 0.0725. The van der Waals surface area contributed by atoms with Crippen molar-refractivity contribution in [2.75, 3.05) is 32.7 Å². The average Bonchev–Trinajstić information content (AvgIpc) is 3.12. The van der Waals surface area contributed by atoms with E-state index in [0.717, 1.165) is 0 Å². The van der Waals surface area contributed by atoms with Crippen LogP contribution in [0, 0.1) is 0 Å². The van der Waals surface area contributed by atoms with Gasteiger partial charge in [-0.1, -0.05) is 0 Å². The van der Waals surface area contributed by atoms with E-state index in [-0.39, 0.29) is 29.4 Å². The molecule has 0 bridgehead atoms. The lowest BCUT2D eigenvalue weighted by Crippen LogP contribution is -2.50. The van der Waals surface area contributed by atoms with Gasteiger partial charge >= 0.3 is 0 Å². The Labute approximate surface area is 139 Å². The smallest absolute Gasteiger partial charge is 0.263 e. The number of aromatic nitrogens is 1. The fourth-order valence-electron chi connectivity index (χ4n) is 2.76. The molecule has 7 heteroatoms. The van der Waals surface area contributed by atoms with Gasteiger partial charge < -0.3 is 13.9 Å². The molecule has 2 aromatic rings. The lowest BCUT2D eigenvalue weighted by molar-refractivity contribution is 0.0618. The molecule has 3 rings (SSSR count). The van der Waals surface area contributed by atoms with Crippen molar-refractivity contribution < 1.29 is 14.0 Å². The molecule has 1 saturated heterocycles. The second-order valence-electron chi connectivity index (χ2n) is 5.81. The van der Waals surface area contributed by atoms with Crippen molar-refractivity contribution >= 4 is 11.7 Å². The molecule has 1 fully saturated rings. The van der Waals surface area contributed by atoms with Crippen LogP contribution in [0.3, 0.4) is 0 Å². The quantitative estimate of drug-likeness (QED) is 0.769. The average molecular weight is 329 g/mol. The molecule has 1 amide bonds. The van der Waals surface area contributed by atoms with Crippen molar-refractivity contribution in [3.8, 4) is 0 Å². The molecule has 0 radical (unpaired) electrons. The standard InChI is InChI=1S/C17H19N3O4/c1-18-6-2-4-13(16(18)22)17(23)20-9-7-19(8-10-20)12-14(21)15-5-3-11-24-15/h2-6,11H,7-10,12H2,1H3. The number of carbonyl (C=O) groups excluding carboxylic acids is 2. The summed E-state index contributed by atoms with van der Waals surface area (Å²) in [7, 11) is 1.62. The number of hydrogen-bond acceptors (Lipinski definition) is 5. The Bertz CT molecular complexity index is 786. The van der Waals surface area contributed by atoms with Crippen LogP contribution in [0.5, 0.6) is 0 Å². The van der Waals surface area contributed by atoms with Gasteiger partial charge in [0.05, 0.1) is 12.8 Å². The number of ketones is 1. The van der Waals surface area contributed by atoms with Gasteiger partial charge in [0, 0.05) is 39.4 Å². The van der Waals surface area contributed by atoms with Crippen LogP contribution in [0.1, 0.15) is 20.9 Å². The van der Waals surface area contributed by atoms with Gasteiger partial charge in [-0.05, 0) is 24.3 Å². The number of amides is 1. The second kappa shape index (κ2) is 6.84. The number of nitrogens with zero attached hydrogens (tertiary/aromatic N) is 3. The maximum atomic E-state index is 12.5. The molecule has 0 unspecified atom stereocenters. The van der Waals surface area contributed by atoms with Crippen LogP contribution in [-0.2, 0) is 7.05 Å². The first-order valence-corrected chi connectivity index (χ1v) is 7.80. The molecule has 0 spiro atoms. The molecule has 24 heavy (non-hydrogen) atoms. The summed E-state index contributed by atoms with van der Waals surface area (Å²) < 4.78 is 6.49. The molecule has 2 aromatic heterocycles. The van der Waals surface area contributed by atoms with Gasteiger partial charge in [-0.25, -0.2) is 0 Å². The predicted molar refractivity (Wildman–Crippen MR) is 87.1 cm³/mol. The number of hydrogen-bond donors (Lipinski definition) is 0. The van der Waals surface area contributed by atoms with Gasteiger partial charge in [0.2, 0.25) is 5.78 Å². The molecule has 0 aliphatic carbocycles. The van der Waals surface area contributed by atoms with E-state index >= 15 is 0 Å². The topological polar surface area (TPSA) is 75.8 Å². The molecular formula is C17H19N3O4. The highest BCUT2D eigenvalue weighted by molar-refractivity contribution is 5.95. The van der Waals surface area contributed by atoms with Crippen molar-refractivity contribution in [2.45, 2.75) is 0 Å². The van der Waals surface area contributed by atoms with Crippen molar-refractivity contribution in [2.24, 2.45) is 7.05 Å². The summed E-state index contributed by atoms with van der Waals surface area (Å²) in [4.78, 5) is 40.2. The summed E-state index contributed by atoms with van der Waals surface area (Å²) in [6.07, 6.45) is 3.10. The van der Waals surface area contributed by atoms with Gasteiger partial charge in [-0.2, -0.15) is 0 Å². The van der Waals surface area contributed by atoms with Gasteiger partial charge in [0.15, 0.2) is 5.76 Å². The number of pyridine rings is 1. The number of aryl methyl sites for hydroxylation is 1. The van der Waals surface area contributed by atoms with E-state index in [9.17, 15) is 14.4 Å². The summed E-state index contributed by atoms with van der Waals surface area (Å²) in [6.45, 7) is 2.42. The number of carbonyl (C=O) groups is 2. The summed E-state index contributed by atoms with van der Waals surface area (Å²) in [5, 5.41) is 0. The van der Waals surface area contributed by atoms with Crippen LogP contribution >= 0.6 is 0 Å². The third kappa shape index (κ3) is 3.30. The predicted octanol–water partition coefficient (Wildman–Crippen LogP) is 0.619. The highest BCUT2D eigenvalue weighted by Gasteiger charge is 2.25. The van der Waals surface area contributed by atoms with Gasteiger partial charge in [-0.3, -0.25) is 19.3 Å². The Morgan fingerprint density at radius 2 is 1.88 bits per heavy atom. The van der Waals surface area contributed by atoms with Gasteiger partial charge in [0.1, 0.15) is 5.56 Å². The fourth-order valence-corrected chi connectivity index (χ4v) is 2.76. The third-order valence-electron chi connectivity index (χ3n) is 4.18. The monoisotopic (exact) mass is 329 g/mol. The van der Waals surface area contributed by atoms with E-state index < -0.39 is 0 Å².